The summed E-state index contributed by atoms with van der Waals surface area (Å²) in [6, 6.07) is 9.66. The second kappa shape index (κ2) is 8.15. The number of benzene rings is 1. The van der Waals surface area contributed by atoms with Crippen LogP contribution >= 0.6 is 0 Å². The third-order valence-electron chi connectivity index (χ3n) is 3.22. The van der Waals surface area contributed by atoms with Crippen LogP contribution in [0.25, 0.3) is 0 Å². The van der Waals surface area contributed by atoms with Crippen molar-refractivity contribution in [2.45, 2.75) is 39.9 Å². The Balaban J connectivity index is 2.42. The van der Waals surface area contributed by atoms with E-state index >= 15 is 0 Å². The minimum atomic E-state index is -0.760. The molecule has 0 aliphatic carbocycles. The van der Waals surface area contributed by atoms with Gasteiger partial charge in [0.1, 0.15) is 6.61 Å². The number of esters is 1. The summed E-state index contributed by atoms with van der Waals surface area (Å²) in [4.78, 5) is 14.1. The van der Waals surface area contributed by atoms with Crippen LogP contribution in [-0.2, 0) is 16.1 Å². The zero-order valence-corrected chi connectivity index (χ0v) is 13.5. The fraction of sp³-hybridized carbons (Fsp3) is 0.588. The summed E-state index contributed by atoms with van der Waals surface area (Å²) in [5.41, 5.74) is 0.228. The lowest BCUT2D eigenvalue weighted by Crippen LogP contribution is -2.41. The van der Waals surface area contributed by atoms with Gasteiger partial charge in [0.05, 0.1) is 11.5 Å². The molecule has 1 atom stereocenters. The quantitative estimate of drug-likeness (QED) is 0.748. The number of carbonyl (C=O) groups excluding carboxylic acids is 1. The molecule has 0 saturated heterocycles. The highest BCUT2D eigenvalue weighted by atomic mass is 16.5. The largest absolute Gasteiger partial charge is 0.461 e. The minimum Gasteiger partial charge on any atom is -0.461 e. The van der Waals surface area contributed by atoms with Crippen molar-refractivity contribution in [1.29, 1.82) is 0 Å². The molecule has 1 aromatic carbocycles. The fourth-order valence-corrected chi connectivity index (χ4v) is 2.19. The summed E-state index contributed by atoms with van der Waals surface area (Å²) in [6.45, 7) is 9.66. The number of aliphatic hydroxyl groups is 1. The molecule has 0 bridgehead atoms. The van der Waals surface area contributed by atoms with Crippen molar-refractivity contribution >= 4 is 5.97 Å². The Morgan fingerprint density at radius 2 is 1.95 bits per heavy atom. The molecule has 0 amide bonds. The van der Waals surface area contributed by atoms with Crippen molar-refractivity contribution in [3.63, 3.8) is 0 Å². The summed E-state index contributed by atoms with van der Waals surface area (Å²) in [6.07, 6.45) is 0. The number of rotatable bonds is 8. The molecule has 118 valence electrons. The lowest BCUT2D eigenvalue weighted by molar-refractivity contribution is -0.150. The highest BCUT2D eigenvalue weighted by Gasteiger charge is 2.22. The van der Waals surface area contributed by atoms with E-state index in [0.717, 1.165) is 12.1 Å². The van der Waals surface area contributed by atoms with Crippen molar-refractivity contribution in [1.82, 2.24) is 4.90 Å². The summed E-state index contributed by atoms with van der Waals surface area (Å²) < 4.78 is 5.34. The van der Waals surface area contributed by atoms with E-state index in [2.05, 4.69) is 4.90 Å². The third-order valence-corrected chi connectivity index (χ3v) is 3.22. The molecule has 0 spiro atoms. The van der Waals surface area contributed by atoms with Gasteiger partial charge in [0.15, 0.2) is 0 Å². The van der Waals surface area contributed by atoms with Gasteiger partial charge in [0.25, 0.3) is 0 Å². The second-order valence-corrected chi connectivity index (χ2v) is 6.13. The zero-order valence-electron chi connectivity index (χ0n) is 13.5. The zero-order chi connectivity index (χ0) is 15.9. The molecule has 1 rings (SSSR count). The van der Waals surface area contributed by atoms with Gasteiger partial charge in [-0.3, -0.25) is 9.69 Å². The Morgan fingerprint density at radius 3 is 2.48 bits per heavy atom. The van der Waals surface area contributed by atoms with Gasteiger partial charge in [-0.2, -0.15) is 0 Å². The summed E-state index contributed by atoms with van der Waals surface area (Å²) >= 11 is 0. The van der Waals surface area contributed by atoms with Gasteiger partial charge in [-0.05, 0) is 26.0 Å². The van der Waals surface area contributed by atoms with Crippen LogP contribution in [0.2, 0.25) is 0 Å². The first-order valence-corrected chi connectivity index (χ1v) is 7.47. The highest BCUT2D eigenvalue weighted by molar-refractivity contribution is 5.72. The van der Waals surface area contributed by atoms with Crippen molar-refractivity contribution in [3.8, 4) is 0 Å². The average Bonchev–Trinajstić information content (AvgIpc) is 2.43. The van der Waals surface area contributed by atoms with Crippen LogP contribution in [0, 0.1) is 5.92 Å². The predicted octanol–water partition coefficient (Wildman–Crippen LogP) is 2.46. The Bertz CT molecular complexity index is 425. The minimum absolute atomic E-state index is 0.201. The topological polar surface area (TPSA) is 49.8 Å². The monoisotopic (exact) mass is 293 g/mol. The predicted molar refractivity (Wildman–Crippen MR) is 83.8 cm³/mol. The van der Waals surface area contributed by atoms with Crippen LogP contribution in [0.4, 0.5) is 0 Å². The van der Waals surface area contributed by atoms with Gasteiger partial charge in [0.2, 0.25) is 0 Å². The van der Waals surface area contributed by atoms with Gasteiger partial charge in [0, 0.05) is 13.1 Å². The summed E-state index contributed by atoms with van der Waals surface area (Å²) in [7, 11) is 0. The molecule has 0 heterocycles. The van der Waals surface area contributed by atoms with Gasteiger partial charge in [-0.25, -0.2) is 0 Å². The molecule has 0 aliphatic rings. The molecular weight excluding hydrogens is 266 g/mol. The van der Waals surface area contributed by atoms with E-state index in [9.17, 15) is 9.90 Å². The normalized spacial score (nSPS) is 13.2. The third kappa shape index (κ3) is 7.25. The molecule has 4 nitrogen and oxygen atoms in total. The molecule has 1 aromatic rings. The van der Waals surface area contributed by atoms with Crippen molar-refractivity contribution < 1.29 is 14.6 Å². The van der Waals surface area contributed by atoms with Crippen molar-refractivity contribution in [2.75, 3.05) is 19.6 Å². The molecule has 0 saturated carbocycles. The van der Waals surface area contributed by atoms with Crippen LogP contribution in [0.15, 0.2) is 30.3 Å². The summed E-state index contributed by atoms with van der Waals surface area (Å²) in [5, 5.41) is 9.86. The van der Waals surface area contributed by atoms with Crippen LogP contribution in [-0.4, -0.2) is 41.2 Å². The lowest BCUT2D eigenvalue weighted by atomic mass is 10.1. The van der Waals surface area contributed by atoms with E-state index in [1.165, 1.54) is 0 Å². The van der Waals surface area contributed by atoms with Gasteiger partial charge in [-0.1, -0.05) is 44.2 Å². The molecule has 1 unspecified atom stereocenters. The molecule has 21 heavy (non-hydrogen) atoms. The smallest absolute Gasteiger partial charge is 0.310 e. The molecule has 1 N–H and O–H groups in total. The maximum absolute atomic E-state index is 12.0. The number of hydrogen-bond donors (Lipinski definition) is 1. The van der Waals surface area contributed by atoms with Gasteiger partial charge >= 0.3 is 5.97 Å². The first kappa shape index (κ1) is 17.7. The Hall–Kier alpha value is -1.39. The van der Waals surface area contributed by atoms with E-state index in [1.54, 1.807) is 13.8 Å². The maximum atomic E-state index is 12.0. The standard InChI is InChI=1S/C17H27NO3/c1-5-18(13-17(3,4)20)11-14(2)16(19)21-12-15-9-7-6-8-10-15/h6-10,14,20H,5,11-13H2,1-4H3. The van der Waals surface area contributed by atoms with E-state index in [0.29, 0.717) is 19.7 Å². The Kier molecular flexibility index (Phi) is 6.85. The van der Waals surface area contributed by atoms with E-state index in [1.807, 2.05) is 44.2 Å². The molecular formula is C17H27NO3. The second-order valence-electron chi connectivity index (χ2n) is 6.13. The number of carbonyl (C=O) groups is 1. The number of likely N-dealkylation sites (N-methyl/N-ethyl adjacent to an activating group) is 1. The molecule has 0 fully saturated rings. The van der Waals surface area contributed by atoms with Crippen molar-refractivity contribution in [2.24, 2.45) is 5.92 Å². The fourth-order valence-electron chi connectivity index (χ4n) is 2.19. The van der Waals surface area contributed by atoms with Crippen LogP contribution < -0.4 is 0 Å². The highest BCUT2D eigenvalue weighted by Crippen LogP contribution is 2.10. The molecule has 4 heteroatoms. The van der Waals surface area contributed by atoms with Crippen molar-refractivity contribution in [3.05, 3.63) is 35.9 Å². The van der Waals surface area contributed by atoms with E-state index in [-0.39, 0.29) is 11.9 Å². The van der Waals surface area contributed by atoms with Crippen LogP contribution in [0.5, 0.6) is 0 Å². The average molecular weight is 293 g/mol. The molecule has 0 aliphatic heterocycles. The lowest BCUT2D eigenvalue weighted by Gasteiger charge is -2.29. The van der Waals surface area contributed by atoms with Gasteiger partial charge in [-0.15, -0.1) is 0 Å². The Morgan fingerprint density at radius 1 is 1.33 bits per heavy atom. The molecule has 0 radical (unpaired) electrons. The number of nitrogens with zero attached hydrogens (tertiary/aromatic N) is 1. The molecule has 0 aromatic heterocycles. The first-order valence-electron chi connectivity index (χ1n) is 7.47. The van der Waals surface area contributed by atoms with E-state index < -0.39 is 5.60 Å². The number of ether oxygens (including phenoxy) is 1. The van der Waals surface area contributed by atoms with Gasteiger partial charge < -0.3 is 9.84 Å². The number of hydrogen-bond acceptors (Lipinski definition) is 4. The van der Waals surface area contributed by atoms with Crippen LogP contribution in [0.1, 0.15) is 33.3 Å². The SMILES string of the molecule is CCN(CC(C)C(=O)OCc1ccccc1)CC(C)(C)O. The summed E-state index contributed by atoms with van der Waals surface area (Å²) in [5.74, 6) is -0.413. The first-order chi connectivity index (χ1) is 9.81. The van der Waals surface area contributed by atoms with Crippen LogP contribution in [0.3, 0.4) is 0 Å². The van der Waals surface area contributed by atoms with E-state index in [4.69, 9.17) is 4.74 Å². The Labute approximate surface area is 127 Å². The maximum Gasteiger partial charge on any atom is 0.310 e.